The van der Waals surface area contributed by atoms with Crippen molar-refractivity contribution in [2.45, 2.75) is 200 Å². The lowest BCUT2D eigenvalue weighted by Gasteiger charge is -2.28. The second kappa shape index (κ2) is 40.4. The molecule has 0 aliphatic rings. The first-order valence-electron chi connectivity index (χ1n) is 23.4. The number of quaternary nitrogens is 1. The van der Waals surface area contributed by atoms with Crippen molar-refractivity contribution in [3.63, 3.8) is 0 Å². The van der Waals surface area contributed by atoms with Gasteiger partial charge in [-0.15, -0.1) is 0 Å². The van der Waals surface area contributed by atoms with Crippen LogP contribution in [0.25, 0.3) is 0 Å². The Kier molecular flexibility index (Phi) is 39.0. The third-order valence-electron chi connectivity index (χ3n) is 9.96. The highest BCUT2D eigenvalue weighted by Gasteiger charge is 2.21. The molecule has 0 rings (SSSR count). The highest BCUT2D eigenvalue weighted by Crippen LogP contribution is 2.38. The molecule has 58 heavy (non-hydrogen) atoms. The zero-order valence-corrected chi connectivity index (χ0v) is 38.9. The van der Waals surface area contributed by atoms with E-state index < -0.39 is 32.5 Å². The summed E-state index contributed by atoms with van der Waals surface area (Å²) in [6.07, 6.45) is 47.1. The van der Waals surface area contributed by atoms with Gasteiger partial charge < -0.3 is 27.9 Å². The van der Waals surface area contributed by atoms with Crippen LogP contribution < -0.4 is 4.89 Å². The molecule has 0 saturated heterocycles. The Bertz CT molecular complexity index is 1130. The first-order chi connectivity index (χ1) is 28.0. The summed E-state index contributed by atoms with van der Waals surface area (Å²) in [5.41, 5.74) is 0. The molecule has 0 saturated carbocycles. The SMILES string of the molecule is CC/C=C/C=C/C=C/C=C/CCCCCCCC(=O)OC[C@H](COP(=O)([O-])OCC[N+](C)(C)C)OC(=O)CCCCCCCCCCCCCCCCCCCCC. The first-order valence-corrected chi connectivity index (χ1v) is 24.9. The summed E-state index contributed by atoms with van der Waals surface area (Å²) in [5.74, 6) is -0.857. The van der Waals surface area contributed by atoms with Crippen LogP contribution in [0.5, 0.6) is 0 Å². The van der Waals surface area contributed by atoms with Gasteiger partial charge in [0.15, 0.2) is 6.10 Å². The van der Waals surface area contributed by atoms with Crippen molar-refractivity contribution in [3.05, 3.63) is 48.6 Å². The maximum atomic E-state index is 12.7. The molecule has 9 nitrogen and oxygen atoms in total. The highest BCUT2D eigenvalue weighted by molar-refractivity contribution is 7.45. The number of carbonyl (C=O) groups is 2. The van der Waals surface area contributed by atoms with Crippen LogP contribution in [0.15, 0.2) is 48.6 Å². The van der Waals surface area contributed by atoms with E-state index in [4.69, 9.17) is 18.5 Å². The number of carbonyl (C=O) groups excluding carboxylic acids is 2. The standard InChI is InChI=1S/C48H88NO8P/c1-6-8-10-12-14-16-18-20-22-23-24-25-27-29-31-33-35-37-39-41-48(51)57-46(45-56-58(52,53)55-43-42-49(3,4)5)44-54-47(50)40-38-36-34-32-30-28-26-21-19-17-15-13-11-9-7-2/h9,11,13,15,17,19,21,26,46H,6-8,10,12,14,16,18,20,22-25,27-45H2,1-5H3/b11-9+,15-13+,19-17+,26-21+/t46-/m1/s1. The van der Waals surface area contributed by atoms with Crippen LogP contribution in [0.4, 0.5) is 0 Å². The van der Waals surface area contributed by atoms with E-state index in [0.717, 1.165) is 57.8 Å². The van der Waals surface area contributed by atoms with Gasteiger partial charge in [0.05, 0.1) is 27.7 Å². The quantitative estimate of drug-likeness (QED) is 0.0196. The van der Waals surface area contributed by atoms with Crippen molar-refractivity contribution >= 4 is 19.8 Å². The van der Waals surface area contributed by atoms with Gasteiger partial charge in [0.25, 0.3) is 7.82 Å². The number of hydrogen-bond acceptors (Lipinski definition) is 8. The Hall–Kier alpha value is -2.03. The molecule has 10 heteroatoms. The lowest BCUT2D eigenvalue weighted by Crippen LogP contribution is -2.37. The molecule has 0 radical (unpaired) electrons. The predicted octanol–water partition coefficient (Wildman–Crippen LogP) is 12.8. The van der Waals surface area contributed by atoms with Gasteiger partial charge in [-0.25, -0.2) is 0 Å². The minimum Gasteiger partial charge on any atom is -0.756 e. The monoisotopic (exact) mass is 838 g/mol. The summed E-state index contributed by atoms with van der Waals surface area (Å²) in [7, 11) is 1.15. The fourth-order valence-corrected chi connectivity index (χ4v) is 7.04. The second-order valence-corrected chi connectivity index (χ2v) is 18.3. The van der Waals surface area contributed by atoms with Gasteiger partial charge in [0.2, 0.25) is 0 Å². The van der Waals surface area contributed by atoms with Crippen LogP contribution in [0, 0.1) is 0 Å². The number of ether oxygens (including phenoxy) is 2. The molecule has 0 aromatic heterocycles. The van der Waals surface area contributed by atoms with Crippen LogP contribution in [0.2, 0.25) is 0 Å². The Balaban J connectivity index is 4.32. The first kappa shape index (κ1) is 56.0. The Morgan fingerprint density at radius 1 is 0.552 bits per heavy atom. The Morgan fingerprint density at radius 2 is 0.983 bits per heavy atom. The number of likely N-dealkylation sites (N-methyl/N-ethyl adjacent to an activating group) is 1. The average Bonchev–Trinajstić information content (AvgIpc) is 3.17. The summed E-state index contributed by atoms with van der Waals surface area (Å²) < 4.78 is 33.9. The van der Waals surface area contributed by atoms with Crippen LogP contribution in [-0.4, -0.2) is 70.0 Å². The van der Waals surface area contributed by atoms with Crippen molar-refractivity contribution in [3.8, 4) is 0 Å². The molecule has 0 aliphatic carbocycles. The summed E-state index contributed by atoms with van der Waals surface area (Å²) in [4.78, 5) is 37.6. The van der Waals surface area contributed by atoms with Crippen molar-refractivity contribution in [1.29, 1.82) is 0 Å². The van der Waals surface area contributed by atoms with Crippen molar-refractivity contribution in [1.82, 2.24) is 0 Å². The molecule has 0 spiro atoms. The van der Waals surface area contributed by atoms with E-state index in [2.05, 4.69) is 32.1 Å². The van der Waals surface area contributed by atoms with E-state index in [0.29, 0.717) is 23.9 Å². The number of phosphoric ester groups is 1. The Labute approximate surface area is 356 Å². The van der Waals surface area contributed by atoms with E-state index >= 15 is 0 Å². The normalized spacial score (nSPS) is 14.0. The maximum absolute atomic E-state index is 12.7. The summed E-state index contributed by atoms with van der Waals surface area (Å²) in [6, 6.07) is 0. The molecule has 0 N–H and O–H groups in total. The Morgan fingerprint density at radius 3 is 1.47 bits per heavy atom. The number of nitrogens with zero attached hydrogens (tertiary/aromatic N) is 1. The minimum absolute atomic E-state index is 0.0353. The fourth-order valence-electron chi connectivity index (χ4n) is 6.31. The summed E-state index contributed by atoms with van der Waals surface area (Å²) >= 11 is 0. The molecule has 0 heterocycles. The van der Waals surface area contributed by atoms with Gasteiger partial charge in [0, 0.05) is 12.8 Å². The zero-order valence-electron chi connectivity index (χ0n) is 38.0. The number of allylic oxidation sites excluding steroid dienone is 8. The molecule has 0 fully saturated rings. The lowest BCUT2D eigenvalue weighted by atomic mass is 10.0. The van der Waals surface area contributed by atoms with Gasteiger partial charge in [0.1, 0.15) is 19.8 Å². The largest absolute Gasteiger partial charge is 0.756 e. The summed E-state index contributed by atoms with van der Waals surface area (Å²) in [5, 5.41) is 0. The van der Waals surface area contributed by atoms with E-state index in [1.807, 2.05) is 51.5 Å². The molecular weight excluding hydrogens is 750 g/mol. The predicted molar refractivity (Wildman–Crippen MR) is 240 cm³/mol. The number of phosphoric acid groups is 1. The molecule has 338 valence electrons. The van der Waals surface area contributed by atoms with Gasteiger partial charge in [-0.3, -0.25) is 14.2 Å². The lowest BCUT2D eigenvalue weighted by molar-refractivity contribution is -0.870. The van der Waals surface area contributed by atoms with Gasteiger partial charge in [-0.2, -0.15) is 0 Å². The van der Waals surface area contributed by atoms with Gasteiger partial charge >= 0.3 is 11.9 Å². The number of hydrogen-bond donors (Lipinski definition) is 0. The van der Waals surface area contributed by atoms with Crippen LogP contribution in [0.1, 0.15) is 194 Å². The third-order valence-corrected chi connectivity index (χ3v) is 10.9. The third kappa shape index (κ3) is 43.5. The fraction of sp³-hybridized carbons (Fsp3) is 0.792. The highest BCUT2D eigenvalue weighted by atomic mass is 31.2. The summed E-state index contributed by atoms with van der Waals surface area (Å²) in [6.45, 7) is 4.08. The van der Waals surface area contributed by atoms with Crippen LogP contribution in [0.3, 0.4) is 0 Å². The molecule has 2 atom stereocenters. The molecule has 0 amide bonds. The maximum Gasteiger partial charge on any atom is 0.306 e. The number of unbranched alkanes of at least 4 members (excludes halogenated alkanes) is 23. The minimum atomic E-state index is -4.63. The molecule has 0 aliphatic heterocycles. The van der Waals surface area contributed by atoms with Crippen LogP contribution >= 0.6 is 7.82 Å². The topological polar surface area (TPSA) is 111 Å². The van der Waals surface area contributed by atoms with Crippen molar-refractivity contribution in [2.75, 3.05) is 47.5 Å². The van der Waals surface area contributed by atoms with E-state index in [-0.39, 0.29) is 26.1 Å². The van der Waals surface area contributed by atoms with E-state index in [1.54, 1.807) is 0 Å². The molecule has 1 unspecified atom stereocenters. The second-order valence-electron chi connectivity index (χ2n) is 16.8. The van der Waals surface area contributed by atoms with E-state index in [9.17, 15) is 19.0 Å². The average molecular weight is 838 g/mol. The number of rotatable bonds is 42. The number of esters is 2. The molecule has 0 aromatic rings. The molecule has 0 bridgehead atoms. The molecular formula is C48H88NO8P. The molecule has 0 aromatic carbocycles. The zero-order chi connectivity index (χ0) is 42.8. The van der Waals surface area contributed by atoms with Crippen molar-refractivity contribution in [2.24, 2.45) is 0 Å². The van der Waals surface area contributed by atoms with Gasteiger partial charge in [-0.05, 0) is 32.1 Å². The van der Waals surface area contributed by atoms with Crippen molar-refractivity contribution < 1.29 is 42.1 Å². The smallest absolute Gasteiger partial charge is 0.306 e. The van der Waals surface area contributed by atoms with E-state index in [1.165, 1.54) is 96.3 Å². The van der Waals surface area contributed by atoms with Crippen LogP contribution in [-0.2, 0) is 32.7 Å². The van der Waals surface area contributed by atoms with Gasteiger partial charge in [-0.1, -0.05) is 197 Å².